The van der Waals surface area contributed by atoms with Gasteiger partial charge in [-0.3, -0.25) is 9.48 Å². The molecule has 1 aromatic rings. The Morgan fingerprint density at radius 1 is 1.69 bits per heavy atom. The lowest BCUT2D eigenvalue weighted by atomic mass is 10.5. The van der Waals surface area contributed by atoms with E-state index in [1.807, 2.05) is 20.2 Å². The van der Waals surface area contributed by atoms with Gasteiger partial charge < -0.3 is 10.6 Å². The highest BCUT2D eigenvalue weighted by atomic mass is 16.1. The minimum absolute atomic E-state index is 0.00801. The van der Waals surface area contributed by atoms with E-state index < -0.39 is 0 Å². The number of nitrogens with one attached hydrogen (secondary N) is 2. The van der Waals surface area contributed by atoms with Crippen LogP contribution in [0.3, 0.4) is 0 Å². The molecule has 2 N–H and O–H groups in total. The zero-order valence-corrected chi connectivity index (χ0v) is 7.87. The van der Waals surface area contributed by atoms with Crippen LogP contribution in [0.15, 0.2) is 12.4 Å². The third kappa shape index (κ3) is 3.14. The molecule has 0 aromatic carbocycles. The van der Waals surface area contributed by atoms with E-state index in [2.05, 4.69) is 15.7 Å². The Kier molecular flexibility index (Phi) is 3.31. The molecule has 0 spiro atoms. The molecule has 1 aromatic heterocycles. The molecular weight excluding hydrogens is 168 g/mol. The molecule has 5 nitrogen and oxygen atoms in total. The summed E-state index contributed by atoms with van der Waals surface area (Å²) in [5.41, 5.74) is 0.855. The van der Waals surface area contributed by atoms with Gasteiger partial charge in [-0.05, 0) is 6.92 Å². The molecule has 0 aliphatic carbocycles. The van der Waals surface area contributed by atoms with E-state index in [0.29, 0.717) is 13.1 Å². The summed E-state index contributed by atoms with van der Waals surface area (Å²) in [7, 11) is 1.83. The molecule has 5 heteroatoms. The van der Waals surface area contributed by atoms with Gasteiger partial charge in [0.15, 0.2) is 0 Å². The minimum Gasteiger partial charge on any atom is -0.374 e. The van der Waals surface area contributed by atoms with Gasteiger partial charge in [-0.1, -0.05) is 0 Å². The molecule has 0 unspecified atom stereocenters. The molecular formula is C8H14N4O. The average molecular weight is 182 g/mol. The van der Waals surface area contributed by atoms with E-state index in [9.17, 15) is 4.79 Å². The first-order valence-corrected chi connectivity index (χ1v) is 4.21. The molecule has 1 rings (SSSR count). The number of carbonyl (C=O) groups excluding carboxylic acids is 1. The van der Waals surface area contributed by atoms with Crippen LogP contribution in [0.25, 0.3) is 0 Å². The van der Waals surface area contributed by atoms with Crippen molar-refractivity contribution in [2.24, 2.45) is 7.05 Å². The predicted octanol–water partition coefficient (Wildman–Crippen LogP) is -0.0319. The highest BCUT2D eigenvalue weighted by molar-refractivity contribution is 5.80. The Balaban J connectivity index is 2.30. The molecule has 0 bridgehead atoms. The van der Waals surface area contributed by atoms with Crippen molar-refractivity contribution in [3.05, 3.63) is 12.4 Å². The van der Waals surface area contributed by atoms with Gasteiger partial charge in [0.05, 0.1) is 18.4 Å². The second-order valence-corrected chi connectivity index (χ2v) is 2.71. The van der Waals surface area contributed by atoms with Gasteiger partial charge in [0.25, 0.3) is 0 Å². The number of nitrogens with zero attached hydrogens (tertiary/aromatic N) is 2. The number of likely N-dealkylation sites (N-methyl/N-ethyl adjacent to an activating group) is 1. The van der Waals surface area contributed by atoms with Crippen LogP contribution >= 0.6 is 0 Å². The van der Waals surface area contributed by atoms with Crippen molar-refractivity contribution in [1.82, 2.24) is 15.1 Å². The van der Waals surface area contributed by atoms with Crippen LogP contribution in [-0.4, -0.2) is 28.8 Å². The number of rotatable bonds is 4. The van der Waals surface area contributed by atoms with Crippen molar-refractivity contribution in [2.75, 3.05) is 18.4 Å². The van der Waals surface area contributed by atoms with E-state index in [0.717, 1.165) is 5.69 Å². The van der Waals surface area contributed by atoms with Crippen molar-refractivity contribution in [3.8, 4) is 0 Å². The monoisotopic (exact) mass is 182 g/mol. The minimum atomic E-state index is -0.00801. The van der Waals surface area contributed by atoms with Crippen LogP contribution in [0.1, 0.15) is 6.92 Å². The quantitative estimate of drug-likeness (QED) is 0.687. The Morgan fingerprint density at radius 3 is 3.00 bits per heavy atom. The van der Waals surface area contributed by atoms with Gasteiger partial charge in [0, 0.05) is 19.8 Å². The predicted molar refractivity (Wildman–Crippen MR) is 50.4 cm³/mol. The smallest absolute Gasteiger partial charge is 0.239 e. The fraction of sp³-hybridized carbons (Fsp3) is 0.500. The number of hydrogen-bond donors (Lipinski definition) is 2. The lowest BCUT2D eigenvalue weighted by Crippen LogP contribution is -2.29. The number of amides is 1. The summed E-state index contributed by atoms with van der Waals surface area (Å²) in [6.07, 6.45) is 3.50. The maximum Gasteiger partial charge on any atom is 0.239 e. The summed E-state index contributed by atoms with van der Waals surface area (Å²) in [6.45, 7) is 2.84. The molecule has 0 radical (unpaired) electrons. The Labute approximate surface area is 77.1 Å². The standard InChI is InChI=1S/C8H14N4O/c1-3-9-8(13)5-10-7-4-11-12(2)6-7/h4,6,10H,3,5H2,1-2H3,(H,9,13). The molecule has 0 aliphatic rings. The summed E-state index contributed by atoms with van der Waals surface area (Å²) in [6, 6.07) is 0. The Hall–Kier alpha value is -1.52. The van der Waals surface area contributed by atoms with Crippen LogP contribution < -0.4 is 10.6 Å². The highest BCUT2D eigenvalue weighted by Gasteiger charge is 1.99. The van der Waals surface area contributed by atoms with Crippen molar-refractivity contribution >= 4 is 11.6 Å². The molecule has 0 saturated carbocycles. The molecule has 1 heterocycles. The lowest BCUT2D eigenvalue weighted by molar-refractivity contribution is -0.119. The number of aromatic nitrogens is 2. The molecule has 0 atom stereocenters. The number of aryl methyl sites for hydroxylation is 1. The topological polar surface area (TPSA) is 59.0 Å². The first kappa shape index (κ1) is 9.57. The number of anilines is 1. The van der Waals surface area contributed by atoms with Crippen LogP contribution in [0.4, 0.5) is 5.69 Å². The summed E-state index contributed by atoms with van der Waals surface area (Å²) in [4.78, 5) is 11.0. The van der Waals surface area contributed by atoms with Crippen LogP contribution in [0.2, 0.25) is 0 Å². The fourth-order valence-electron chi connectivity index (χ4n) is 0.955. The Morgan fingerprint density at radius 2 is 2.46 bits per heavy atom. The molecule has 0 aliphatic heterocycles. The van der Waals surface area contributed by atoms with Crippen LogP contribution in [0, 0.1) is 0 Å². The van der Waals surface area contributed by atoms with Gasteiger partial charge in [-0.2, -0.15) is 5.10 Å². The summed E-state index contributed by atoms with van der Waals surface area (Å²) in [5.74, 6) is -0.00801. The van der Waals surface area contributed by atoms with Crippen molar-refractivity contribution in [2.45, 2.75) is 6.92 Å². The molecule has 72 valence electrons. The van der Waals surface area contributed by atoms with Crippen molar-refractivity contribution in [3.63, 3.8) is 0 Å². The van der Waals surface area contributed by atoms with Crippen LogP contribution in [0.5, 0.6) is 0 Å². The second kappa shape index (κ2) is 4.49. The van der Waals surface area contributed by atoms with Crippen LogP contribution in [-0.2, 0) is 11.8 Å². The van der Waals surface area contributed by atoms with E-state index in [1.54, 1.807) is 10.9 Å². The summed E-state index contributed by atoms with van der Waals surface area (Å²) >= 11 is 0. The largest absolute Gasteiger partial charge is 0.374 e. The van der Waals surface area contributed by atoms with Gasteiger partial charge in [-0.15, -0.1) is 0 Å². The molecule has 0 fully saturated rings. The summed E-state index contributed by atoms with van der Waals surface area (Å²) in [5, 5.41) is 9.61. The van der Waals surface area contributed by atoms with Crippen molar-refractivity contribution < 1.29 is 4.79 Å². The van der Waals surface area contributed by atoms with E-state index in [1.165, 1.54) is 0 Å². The normalized spacial score (nSPS) is 9.69. The zero-order valence-electron chi connectivity index (χ0n) is 7.87. The van der Waals surface area contributed by atoms with Crippen molar-refractivity contribution in [1.29, 1.82) is 0 Å². The third-order valence-corrected chi connectivity index (χ3v) is 1.53. The Bertz CT molecular complexity index is 281. The number of carbonyl (C=O) groups is 1. The maximum atomic E-state index is 11.0. The SMILES string of the molecule is CCNC(=O)CNc1cnn(C)c1. The maximum absolute atomic E-state index is 11.0. The van der Waals surface area contributed by atoms with Gasteiger partial charge in [-0.25, -0.2) is 0 Å². The van der Waals surface area contributed by atoms with E-state index in [-0.39, 0.29) is 5.91 Å². The van der Waals surface area contributed by atoms with Gasteiger partial charge in [0.2, 0.25) is 5.91 Å². The first-order valence-electron chi connectivity index (χ1n) is 4.21. The molecule has 13 heavy (non-hydrogen) atoms. The average Bonchev–Trinajstić information content (AvgIpc) is 2.49. The summed E-state index contributed by atoms with van der Waals surface area (Å²) < 4.78 is 1.68. The third-order valence-electron chi connectivity index (χ3n) is 1.53. The van der Waals surface area contributed by atoms with Gasteiger partial charge in [0.1, 0.15) is 0 Å². The van der Waals surface area contributed by atoms with Gasteiger partial charge >= 0.3 is 0 Å². The highest BCUT2D eigenvalue weighted by Crippen LogP contribution is 2.01. The fourth-order valence-corrected chi connectivity index (χ4v) is 0.955. The molecule has 0 saturated heterocycles. The van der Waals surface area contributed by atoms with E-state index >= 15 is 0 Å². The lowest BCUT2D eigenvalue weighted by Gasteiger charge is -2.02. The van der Waals surface area contributed by atoms with E-state index in [4.69, 9.17) is 0 Å². The second-order valence-electron chi connectivity index (χ2n) is 2.71. The zero-order chi connectivity index (χ0) is 9.68. The number of hydrogen-bond acceptors (Lipinski definition) is 3. The molecule has 1 amide bonds. The first-order chi connectivity index (χ1) is 6.22.